The van der Waals surface area contributed by atoms with Crippen LogP contribution >= 0.6 is 11.6 Å². The van der Waals surface area contributed by atoms with E-state index in [2.05, 4.69) is 15.5 Å². The number of rotatable bonds is 7. The molecule has 7 heteroatoms. The fourth-order valence-electron chi connectivity index (χ4n) is 2.40. The molecule has 0 aliphatic heterocycles. The number of halogens is 1. The molecule has 0 bridgehead atoms. The lowest BCUT2D eigenvalue weighted by Gasteiger charge is -2.11. The second-order valence-corrected chi connectivity index (χ2v) is 6.08. The molecular formula is C21H18ClN3O3. The first-order valence-corrected chi connectivity index (χ1v) is 8.84. The van der Waals surface area contributed by atoms with Crippen LogP contribution in [0.4, 0.5) is 0 Å². The molecule has 1 amide bonds. The smallest absolute Gasteiger partial charge is 0.274 e. The molecule has 0 atom stereocenters. The Hall–Kier alpha value is -3.38. The molecule has 1 heterocycles. The highest BCUT2D eigenvalue weighted by Gasteiger charge is 2.09. The predicted octanol–water partition coefficient (Wildman–Crippen LogP) is 4.09. The van der Waals surface area contributed by atoms with Gasteiger partial charge in [0.2, 0.25) is 0 Å². The third-order valence-corrected chi connectivity index (χ3v) is 4.11. The lowest BCUT2D eigenvalue weighted by molar-refractivity contribution is 0.0955. The number of aromatic nitrogens is 1. The van der Waals surface area contributed by atoms with E-state index in [9.17, 15) is 4.79 Å². The minimum absolute atomic E-state index is 0.122. The van der Waals surface area contributed by atoms with Crippen molar-refractivity contribution in [2.24, 2.45) is 5.10 Å². The quantitative estimate of drug-likeness (QED) is 0.371. The zero-order chi connectivity index (χ0) is 19.8. The number of ether oxygens (including phenoxy) is 2. The molecule has 0 aliphatic rings. The van der Waals surface area contributed by atoms with Gasteiger partial charge in [-0.1, -0.05) is 41.9 Å². The number of nitrogens with zero attached hydrogens (tertiary/aromatic N) is 2. The maximum absolute atomic E-state index is 12.1. The molecule has 0 spiro atoms. The molecule has 2 aromatic carbocycles. The molecule has 0 unspecified atom stereocenters. The van der Waals surface area contributed by atoms with Crippen molar-refractivity contribution in [1.29, 1.82) is 0 Å². The number of pyridine rings is 1. The van der Waals surface area contributed by atoms with Crippen LogP contribution in [0.3, 0.4) is 0 Å². The molecule has 0 saturated heterocycles. The topological polar surface area (TPSA) is 72.8 Å². The molecule has 0 radical (unpaired) electrons. The highest BCUT2D eigenvalue weighted by atomic mass is 35.5. The van der Waals surface area contributed by atoms with E-state index >= 15 is 0 Å². The van der Waals surface area contributed by atoms with Gasteiger partial charge in [-0.2, -0.15) is 5.10 Å². The zero-order valence-electron chi connectivity index (χ0n) is 15.1. The molecule has 1 aromatic heterocycles. The Morgan fingerprint density at radius 3 is 2.71 bits per heavy atom. The van der Waals surface area contributed by atoms with Gasteiger partial charge >= 0.3 is 0 Å². The summed E-state index contributed by atoms with van der Waals surface area (Å²) in [5.74, 6) is 0.750. The Morgan fingerprint density at radius 2 is 1.96 bits per heavy atom. The highest BCUT2D eigenvalue weighted by Crippen LogP contribution is 2.28. The first-order chi connectivity index (χ1) is 13.7. The Kier molecular flexibility index (Phi) is 6.59. The Labute approximate surface area is 167 Å². The lowest BCUT2D eigenvalue weighted by atomic mass is 10.2. The van der Waals surface area contributed by atoms with Gasteiger partial charge in [-0.05, 0) is 41.5 Å². The summed E-state index contributed by atoms with van der Waals surface area (Å²) in [7, 11) is 1.57. The van der Waals surface area contributed by atoms with E-state index in [4.69, 9.17) is 21.1 Å². The Morgan fingerprint density at radius 1 is 1.14 bits per heavy atom. The van der Waals surface area contributed by atoms with Gasteiger partial charge in [0.15, 0.2) is 11.5 Å². The van der Waals surface area contributed by atoms with E-state index in [1.807, 2.05) is 36.4 Å². The fourth-order valence-corrected chi connectivity index (χ4v) is 2.61. The molecular weight excluding hydrogens is 378 g/mol. The summed E-state index contributed by atoms with van der Waals surface area (Å²) in [6, 6.07) is 18.4. The van der Waals surface area contributed by atoms with Crippen LogP contribution < -0.4 is 14.9 Å². The summed E-state index contributed by atoms with van der Waals surface area (Å²) >= 11 is 5.89. The number of benzene rings is 2. The first-order valence-electron chi connectivity index (χ1n) is 8.46. The van der Waals surface area contributed by atoms with Crippen LogP contribution in [0.5, 0.6) is 11.5 Å². The molecule has 3 aromatic rings. The Balaban J connectivity index is 1.63. The average molecular weight is 396 g/mol. The zero-order valence-corrected chi connectivity index (χ0v) is 15.9. The van der Waals surface area contributed by atoms with Crippen LogP contribution in [0.25, 0.3) is 0 Å². The maximum Gasteiger partial charge on any atom is 0.274 e. The van der Waals surface area contributed by atoms with Crippen molar-refractivity contribution >= 4 is 23.7 Å². The second kappa shape index (κ2) is 9.53. The van der Waals surface area contributed by atoms with E-state index in [0.29, 0.717) is 18.1 Å². The second-order valence-electron chi connectivity index (χ2n) is 5.73. The third-order valence-electron chi connectivity index (χ3n) is 3.81. The van der Waals surface area contributed by atoms with E-state index in [0.717, 1.165) is 11.1 Å². The summed E-state index contributed by atoms with van der Waals surface area (Å²) in [5.41, 5.74) is 4.47. The summed E-state index contributed by atoms with van der Waals surface area (Å²) < 4.78 is 11.2. The third kappa shape index (κ3) is 5.08. The minimum Gasteiger partial charge on any atom is -0.493 e. The summed E-state index contributed by atoms with van der Waals surface area (Å²) in [5, 5.41) is 4.07. The fraction of sp³-hybridized carbons (Fsp3) is 0.0952. The number of carbonyl (C=O) groups excluding carboxylic acids is 1. The van der Waals surface area contributed by atoms with Gasteiger partial charge in [0.25, 0.3) is 5.91 Å². The molecule has 3 rings (SSSR count). The van der Waals surface area contributed by atoms with Crippen LogP contribution in [-0.4, -0.2) is 24.2 Å². The molecule has 0 fully saturated rings. The van der Waals surface area contributed by atoms with Crippen molar-refractivity contribution in [2.75, 3.05) is 7.11 Å². The van der Waals surface area contributed by atoms with Crippen molar-refractivity contribution in [3.63, 3.8) is 0 Å². The molecule has 28 heavy (non-hydrogen) atoms. The van der Waals surface area contributed by atoms with Crippen LogP contribution in [0, 0.1) is 0 Å². The predicted molar refractivity (Wildman–Crippen MR) is 108 cm³/mol. The van der Waals surface area contributed by atoms with Gasteiger partial charge in [-0.25, -0.2) is 10.4 Å². The number of hydrazone groups is 1. The number of carbonyl (C=O) groups is 1. The monoisotopic (exact) mass is 395 g/mol. The minimum atomic E-state index is -0.441. The summed E-state index contributed by atoms with van der Waals surface area (Å²) in [6.45, 7) is 0.437. The van der Waals surface area contributed by atoms with Crippen LogP contribution in [-0.2, 0) is 6.61 Å². The first kappa shape index (κ1) is 19.4. The number of hydrogen-bond acceptors (Lipinski definition) is 5. The Bertz CT molecular complexity index is 978. The lowest BCUT2D eigenvalue weighted by Crippen LogP contribution is -2.18. The van der Waals surface area contributed by atoms with Gasteiger partial charge < -0.3 is 9.47 Å². The molecule has 0 saturated carbocycles. The normalized spacial score (nSPS) is 10.6. The van der Waals surface area contributed by atoms with Crippen molar-refractivity contribution < 1.29 is 14.3 Å². The summed E-state index contributed by atoms with van der Waals surface area (Å²) in [4.78, 5) is 15.9. The van der Waals surface area contributed by atoms with Crippen LogP contribution in [0.2, 0.25) is 5.15 Å². The highest BCUT2D eigenvalue weighted by molar-refractivity contribution is 6.32. The van der Waals surface area contributed by atoms with E-state index < -0.39 is 5.91 Å². The maximum atomic E-state index is 12.1. The van der Waals surface area contributed by atoms with Crippen molar-refractivity contribution in [3.05, 3.63) is 88.7 Å². The van der Waals surface area contributed by atoms with Gasteiger partial charge in [0, 0.05) is 6.20 Å². The number of hydrogen-bond donors (Lipinski definition) is 1. The van der Waals surface area contributed by atoms with Crippen molar-refractivity contribution in [2.45, 2.75) is 6.61 Å². The number of methoxy groups -OCH3 is 1. The van der Waals surface area contributed by atoms with E-state index in [-0.39, 0.29) is 10.7 Å². The standard InChI is InChI=1S/C21H18ClN3O3/c1-27-19-12-16(9-10-18(19)28-14-15-6-3-2-4-7-15)13-24-25-21(26)17-8-5-11-23-20(17)22/h2-13H,14H2,1H3,(H,25,26)/b24-13+. The van der Waals surface area contributed by atoms with Gasteiger partial charge in [-0.3, -0.25) is 4.79 Å². The molecule has 142 valence electrons. The van der Waals surface area contributed by atoms with Crippen molar-refractivity contribution in [3.8, 4) is 11.5 Å². The SMILES string of the molecule is COc1cc(/C=N/NC(=O)c2cccnc2Cl)ccc1OCc1ccccc1. The largest absolute Gasteiger partial charge is 0.493 e. The molecule has 0 aliphatic carbocycles. The molecule has 1 N–H and O–H groups in total. The average Bonchev–Trinajstić information content (AvgIpc) is 2.73. The summed E-state index contributed by atoms with van der Waals surface area (Å²) in [6.07, 6.45) is 3.02. The molecule has 6 nitrogen and oxygen atoms in total. The van der Waals surface area contributed by atoms with Gasteiger partial charge in [0.05, 0.1) is 18.9 Å². The number of amides is 1. The van der Waals surface area contributed by atoms with Crippen LogP contribution in [0.15, 0.2) is 72.0 Å². The number of nitrogens with one attached hydrogen (secondary N) is 1. The van der Waals surface area contributed by atoms with E-state index in [1.165, 1.54) is 12.4 Å². The van der Waals surface area contributed by atoms with Crippen molar-refractivity contribution in [1.82, 2.24) is 10.4 Å². The van der Waals surface area contributed by atoms with E-state index in [1.54, 1.807) is 31.4 Å². The van der Waals surface area contributed by atoms with Gasteiger partial charge in [0.1, 0.15) is 11.8 Å². The van der Waals surface area contributed by atoms with Crippen LogP contribution in [0.1, 0.15) is 21.5 Å². The van der Waals surface area contributed by atoms with Gasteiger partial charge in [-0.15, -0.1) is 0 Å².